The summed E-state index contributed by atoms with van der Waals surface area (Å²) in [6.07, 6.45) is 7.47. The molecule has 1 aromatic rings. The van der Waals surface area contributed by atoms with E-state index < -0.39 is 0 Å². The largest absolute Gasteiger partial charge is 0.345 e. The third-order valence-corrected chi connectivity index (χ3v) is 4.42. The summed E-state index contributed by atoms with van der Waals surface area (Å²) in [5.74, 6) is 0.582. The van der Waals surface area contributed by atoms with Crippen molar-refractivity contribution in [2.45, 2.75) is 38.1 Å². The van der Waals surface area contributed by atoms with Gasteiger partial charge in [0.25, 0.3) is 5.91 Å². The van der Waals surface area contributed by atoms with Crippen LogP contribution in [0.3, 0.4) is 0 Å². The molecule has 1 fully saturated rings. The smallest absolute Gasteiger partial charge is 0.270 e. The Balaban J connectivity index is 1.64. The van der Waals surface area contributed by atoms with Crippen molar-refractivity contribution in [1.29, 1.82) is 0 Å². The Kier molecular flexibility index (Phi) is 4.06. The summed E-state index contributed by atoms with van der Waals surface area (Å²) in [5, 5.41) is 3.08. The second-order valence-electron chi connectivity index (χ2n) is 6.24. The van der Waals surface area contributed by atoms with Crippen LogP contribution in [-0.4, -0.2) is 42.0 Å². The first-order chi connectivity index (χ1) is 10.1. The van der Waals surface area contributed by atoms with Crippen molar-refractivity contribution in [3.63, 3.8) is 0 Å². The van der Waals surface area contributed by atoms with E-state index in [0.717, 1.165) is 19.5 Å². The number of hydrogen-bond acceptors (Lipinski definition) is 3. The van der Waals surface area contributed by atoms with Crippen LogP contribution in [0, 0.1) is 0 Å². The van der Waals surface area contributed by atoms with Crippen LogP contribution in [0.2, 0.25) is 0 Å². The van der Waals surface area contributed by atoms with Crippen molar-refractivity contribution in [3.05, 3.63) is 41.2 Å². The van der Waals surface area contributed by atoms with E-state index >= 15 is 0 Å². The van der Waals surface area contributed by atoms with E-state index in [9.17, 15) is 4.79 Å². The average Bonchev–Trinajstić information content (AvgIpc) is 3.32. The molecule has 2 aliphatic rings. The highest BCUT2D eigenvalue weighted by molar-refractivity contribution is 5.92. The van der Waals surface area contributed by atoms with E-state index in [1.165, 1.54) is 24.0 Å². The molecular weight excluding hydrogens is 262 g/mol. The van der Waals surface area contributed by atoms with Gasteiger partial charge in [-0.3, -0.25) is 9.78 Å². The number of nitrogens with zero attached hydrogens (tertiary/aromatic N) is 2. The summed E-state index contributed by atoms with van der Waals surface area (Å²) in [4.78, 5) is 18.8. The Bertz CT molecular complexity index is 563. The summed E-state index contributed by atoms with van der Waals surface area (Å²) < 4.78 is 0. The van der Waals surface area contributed by atoms with Gasteiger partial charge in [-0.15, -0.1) is 0 Å². The topological polar surface area (TPSA) is 45.2 Å². The minimum Gasteiger partial charge on any atom is -0.345 e. The monoisotopic (exact) mass is 285 g/mol. The van der Waals surface area contributed by atoms with Crippen LogP contribution >= 0.6 is 0 Å². The number of carbonyl (C=O) groups excluding carboxylic acids is 1. The third kappa shape index (κ3) is 3.50. The lowest BCUT2D eigenvalue weighted by molar-refractivity contribution is 0.0939. The molecule has 1 aromatic heterocycles. The van der Waals surface area contributed by atoms with Gasteiger partial charge in [-0.1, -0.05) is 6.08 Å². The van der Waals surface area contributed by atoms with E-state index in [-0.39, 0.29) is 11.9 Å². The van der Waals surface area contributed by atoms with Crippen LogP contribution in [0.1, 0.15) is 48.2 Å². The first-order valence-electron chi connectivity index (χ1n) is 7.78. The van der Waals surface area contributed by atoms with Gasteiger partial charge in [-0.05, 0) is 62.4 Å². The van der Waals surface area contributed by atoms with Crippen molar-refractivity contribution < 1.29 is 4.79 Å². The summed E-state index contributed by atoms with van der Waals surface area (Å²) in [6.45, 7) is 4.08. The van der Waals surface area contributed by atoms with Crippen molar-refractivity contribution in [1.82, 2.24) is 15.2 Å². The molecule has 2 heterocycles. The molecule has 1 amide bonds. The Morgan fingerprint density at radius 1 is 1.48 bits per heavy atom. The van der Waals surface area contributed by atoms with Gasteiger partial charge >= 0.3 is 0 Å². The molecule has 112 valence electrons. The molecular formula is C17H23N3O. The molecule has 1 unspecified atom stereocenters. The fourth-order valence-electron chi connectivity index (χ4n) is 2.78. The number of rotatable bonds is 4. The summed E-state index contributed by atoms with van der Waals surface area (Å²) in [7, 11) is 2.11. The normalized spacial score (nSPS) is 20.8. The highest BCUT2D eigenvalue weighted by Gasteiger charge is 2.25. The predicted molar refractivity (Wildman–Crippen MR) is 83.3 cm³/mol. The molecule has 4 nitrogen and oxygen atoms in total. The number of nitrogens with one attached hydrogen (secondary N) is 1. The molecule has 4 heteroatoms. The number of amides is 1. The standard InChI is InChI=1S/C17H23N3O/c1-12(13-6-9-20(2)10-7-13)19-17(21)16-11-15(5-8-18-16)14-3-4-14/h5-6,8,11-12,14H,3-4,7,9-10H2,1-2H3,(H,19,21). The number of hydrogen-bond donors (Lipinski definition) is 1. The first-order valence-corrected chi connectivity index (χ1v) is 7.78. The van der Waals surface area contributed by atoms with Crippen molar-refractivity contribution >= 4 is 5.91 Å². The van der Waals surface area contributed by atoms with Crippen molar-refractivity contribution in [2.75, 3.05) is 20.1 Å². The second-order valence-corrected chi connectivity index (χ2v) is 6.24. The number of aromatic nitrogens is 1. The first kappa shape index (κ1) is 14.3. The van der Waals surface area contributed by atoms with Gasteiger partial charge in [-0.25, -0.2) is 0 Å². The summed E-state index contributed by atoms with van der Waals surface area (Å²) >= 11 is 0. The SMILES string of the molecule is CC(NC(=O)c1cc(C2CC2)ccn1)C1=CCN(C)CC1. The molecule has 1 N–H and O–H groups in total. The Morgan fingerprint density at radius 2 is 2.29 bits per heavy atom. The van der Waals surface area contributed by atoms with Crippen LogP contribution in [0.4, 0.5) is 0 Å². The van der Waals surface area contributed by atoms with Gasteiger partial charge in [-0.2, -0.15) is 0 Å². The van der Waals surface area contributed by atoms with Gasteiger partial charge in [0.1, 0.15) is 5.69 Å². The molecule has 3 rings (SSSR count). The molecule has 1 aliphatic carbocycles. The molecule has 0 bridgehead atoms. The van der Waals surface area contributed by atoms with Crippen LogP contribution in [-0.2, 0) is 0 Å². The predicted octanol–water partition coefficient (Wildman–Crippen LogP) is 2.34. The van der Waals surface area contributed by atoms with Crippen LogP contribution in [0.15, 0.2) is 30.0 Å². The minimum atomic E-state index is -0.0650. The van der Waals surface area contributed by atoms with Crippen LogP contribution in [0.5, 0.6) is 0 Å². The molecule has 1 aliphatic heterocycles. The molecule has 1 saturated carbocycles. The maximum atomic E-state index is 12.3. The maximum absolute atomic E-state index is 12.3. The number of carbonyl (C=O) groups is 1. The highest BCUT2D eigenvalue weighted by atomic mass is 16.1. The third-order valence-electron chi connectivity index (χ3n) is 4.42. The molecule has 21 heavy (non-hydrogen) atoms. The van der Waals surface area contributed by atoms with Gasteiger partial charge in [0, 0.05) is 25.3 Å². The quantitative estimate of drug-likeness (QED) is 0.864. The number of pyridine rings is 1. The molecule has 0 saturated heterocycles. The highest BCUT2D eigenvalue weighted by Crippen LogP contribution is 2.39. The van der Waals surface area contributed by atoms with Crippen LogP contribution in [0.25, 0.3) is 0 Å². The van der Waals surface area contributed by atoms with Crippen molar-refractivity contribution in [2.24, 2.45) is 0 Å². The summed E-state index contributed by atoms with van der Waals surface area (Å²) in [5.41, 5.74) is 3.11. The van der Waals surface area contributed by atoms with E-state index in [2.05, 4.69) is 35.2 Å². The Labute approximate surface area is 126 Å². The van der Waals surface area contributed by atoms with E-state index in [4.69, 9.17) is 0 Å². The van der Waals surface area contributed by atoms with Gasteiger partial charge < -0.3 is 10.2 Å². The fourth-order valence-corrected chi connectivity index (χ4v) is 2.78. The molecule has 0 aromatic carbocycles. The minimum absolute atomic E-state index is 0.0650. The Hall–Kier alpha value is -1.68. The van der Waals surface area contributed by atoms with E-state index in [0.29, 0.717) is 11.6 Å². The molecule has 1 atom stereocenters. The number of likely N-dealkylation sites (N-methyl/N-ethyl adjacent to an activating group) is 1. The van der Waals surface area contributed by atoms with Gasteiger partial charge in [0.05, 0.1) is 0 Å². The second kappa shape index (κ2) is 5.98. The van der Waals surface area contributed by atoms with Gasteiger partial charge in [0.2, 0.25) is 0 Å². The van der Waals surface area contributed by atoms with E-state index in [1.807, 2.05) is 12.1 Å². The molecule has 0 spiro atoms. The summed E-state index contributed by atoms with van der Waals surface area (Å²) in [6, 6.07) is 4.05. The zero-order chi connectivity index (χ0) is 14.8. The molecule has 0 radical (unpaired) electrons. The van der Waals surface area contributed by atoms with Gasteiger partial charge in [0.15, 0.2) is 0 Å². The van der Waals surface area contributed by atoms with Crippen molar-refractivity contribution in [3.8, 4) is 0 Å². The lowest BCUT2D eigenvalue weighted by atomic mass is 10.0. The fraction of sp³-hybridized carbons (Fsp3) is 0.529. The lowest BCUT2D eigenvalue weighted by Crippen LogP contribution is -2.37. The lowest BCUT2D eigenvalue weighted by Gasteiger charge is -2.26. The van der Waals surface area contributed by atoms with Crippen LogP contribution < -0.4 is 5.32 Å². The maximum Gasteiger partial charge on any atom is 0.270 e. The zero-order valence-electron chi connectivity index (χ0n) is 12.8. The van der Waals surface area contributed by atoms with E-state index in [1.54, 1.807) is 6.20 Å². The average molecular weight is 285 g/mol. The Morgan fingerprint density at radius 3 is 2.95 bits per heavy atom. The zero-order valence-corrected chi connectivity index (χ0v) is 12.8.